The maximum absolute atomic E-state index is 12.3. The van der Waals surface area contributed by atoms with Gasteiger partial charge in [0.05, 0.1) is 5.52 Å². The van der Waals surface area contributed by atoms with Gasteiger partial charge < -0.3 is 10.1 Å². The molecule has 27 heavy (non-hydrogen) atoms. The number of hydrogen-bond acceptors (Lipinski definition) is 4. The molecule has 0 radical (unpaired) electrons. The third-order valence-electron chi connectivity index (χ3n) is 4.31. The van der Waals surface area contributed by atoms with Crippen LogP contribution in [0.5, 0.6) is 0 Å². The average Bonchev–Trinajstić information content (AvgIpc) is 2.67. The number of rotatable bonds is 5. The summed E-state index contributed by atoms with van der Waals surface area (Å²) in [6, 6.07) is 18.5. The largest absolute Gasteiger partial charge is 0.448 e. The Morgan fingerprint density at radius 1 is 0.926 bits per heavy atom. The molecule has 0 aliphatic rings. The fourth-order valence-electron chi connectivity index (χ4n) is 2.65. The Hall–Kier alpha value is -3.21. The number of ether oxygens (including phenoxy) is 1. The van der Waals surface area contributed by atoms with Gasteiger partial charge in [-0.3, -0.25) is 4.79 Å². The minimum atomic E-state index is -0.935. The van der Waals surface area contributed by atoms with E-state index in [-0.39, 0.29) is 11.6 Å². The van der Waals surface area contributed by atoms with Crippen LogP contribution in [-0.4, -0.2) is 23.0 Å². The van der Waals surface area contributed by atoms with Crippen molar-refractivity contribution in [1.29, 1.82) is 0 Å². The second kappa shape index (κ2) is 7.99. The summed E-state index contributed by atoms with van der Waals surface area (Å²) in [7, 11) is 0. The number of amides is 1. The highest BCUT2D eigenvalue weighted by molar-refractivity contribution is 5.97. The Morgan fingerprint density at radius 3 is 2.33 bits per heavy atom. The zero-order valence-electron chi connectivity index (χ0n) is 15.6. The van der Waals surface area contributed by atoms with Crippen LogP contribution in [0.1, 0.15) is 42.7 Å². The number of nitrogens with zero attached hydrogens (tertiary/aromatic N) is 1. The van der Waals surface area contributed by atoms with Crippen LogP contribution in [0.15, 0.2) is 60.7 Å². The van der Waals surface area contributed by atoms with Crippen LogP contribution < -0.4 is 5.32 Å². The fraction of sp³-hybridized carbons (Fsp3) is 0.227. The van der Waals surface area contributed by atoms with Crippen molar-refractivity contribution in [3.05, 3.63) is 71.9 Å². The Kier molecular flexibility index (Phi) is 5.50. The van der Waals surface area contributed by atoms with Gasteiger partial charge >= 0.3 is 5.97 Å². The summed E-state index contributed by atoms with van der Waals surface area (Å²) >= 11 is 0. The molecule has 0 saturated carbocycles. The maximum Gasteiger partial charge on any atom is 0.357 e. The number of pyridine rings is 1. The predicted octanol–water partition coefficient (Wildman–Crippen LogP) is 4.54. The third kappa shape index (κ3) is 4.50. The minimum absolute atomic E-state index is 0.176. The predicted molar refractivity (Wildman–Crippen MR) is 106 cm³/mol. The van der Waals surface area contributed by atoms with Crippen molar-refractivity contribution < 1.29 is 14.3 Å². The van der Waals surface area contributed by atoms with Gasteiger partial charge in [-0.15, -0.1) is 0 Å². The van der Waals surface area contributed by atoms with Crippen LogP contribution in [0.4, 0.5) is 5.69 Å². The van der Waals surface area contributed by atoms with Crippen molar-refractivity contribution in [2.45, 2.75) is 32.8 Å². The molecule has 2 aromatic carbocycles. The van der Waals surface area contributed by atoms with Crippen LogP contribution in [0, 0.1) is 0 Å². The van der Waals surface area contributed by atoms with E-state index in [0.29, 0.717) is 17.1 Å². The Labute approximate surface area is 158 Å². The molecule has 0 bridgehead atoms. The van der Waals surface area contributed by atoms with Crippen LogP contribution in [0.2, 0.25) is 0 Å². The van der Waals surface area contributed by atoms with E-state index >= 15 is 0 Å². The van der Waals surface area contributed by atoms with E-state index in [1.807, 2.05) is 48.5 Å². The summed E-state index contributed by atoms with van der Waals surface area (Å²) in [5, 5.41) is 3.69. The number of carbonyl (C=O) groups excluding carboxylic acids is 2. The molecule has 1 atom stereocenters. The van der Waals surface area contributed by atoms with Crippen molar-refractivity contribution in [2.75, 3.05) is 5.32 Å². The summed E-state index contributed by atoms with van der Waals surface area (Å²) in [5.74, 6) is -0.593. The standard InChI is InChI=1S/C22H22N2O3/c1-14(2)16-8-11-18(12-9-16)23-21(25)15(3)27-22(26)20-13-10-17-6-4-5-7-19(17)24-20/h4-15H,1-3H3,(H,23,25)/t15-/m1/s1. The Morgan fingerprint density at radius 2 is 1.63 bits per heavy atom. The highest BCUT2D eigenvalue weighted by Crippen LogP contribution is 2.18. The molecular formula is C22H22N2O3. The fourth-order valence-corrected chi connectivity index (χ4v) is 2.65. The van der Waals surface area contributed by atoms with Gasteiger partial charge in [0.1, 0.15) is 5.69 Å². The summed E-state index contributed by atoms with van der Waals surface area (Å²) in [5.41, 5.74) is 2.73. The van der Waals surface area contributed by atoms with E-state index in [9.17, 15) is 9.59 Å². The molecule has 0 aliphatic heterocycles. The number of hydrogen-bond donors (Lipinski definition) is 1. The number of benzene rings is 2. The van der Waals surface area contributed by atoms with E-state index in [1.54, 1.807) is 12.1 Å². The van der Waals surface area contributed by atoms with E-state index in [0.717, 1.165) is 5.39 Å². The summed E-state index contributed by atoms with van der Waals surface area (Å²) in [6.45, 7) is 5.75. The second-order valence-electron chi connectivity index (χ2n) is 6.70. The lowest BCUT2D eigenvalue weighted by Gasteiger charge is -2.14. The smallest absolute Gasteiger partial charge is 0.357 e. The summed E-state index contributed by atoms with van der Waals surface area (Å²) < 4.78 is 5.27. The van der Waals surface area contributed by atoms with Crippen molar-refractivity contribution >= 4 is 28.5 Å². The number of aromatic nitrogens is 1. The topological polar surface area (TPSA) is 68.3 Å². The first-order valence-corrected chi connectivity index (χ1v) is 8.91. The number of anilines is 1. The zero-order chi connectivity index (χ0) is 19.4. The lowest BCUT2D eigenvalue weighted by molar-refractivity contribution is -0.123. The second-order valence-corrected chi connectivity index (χ2v) is 6.70. The molecule has 0 spiro atoms. The number of esters is 1. The van der Waals surface area contributed by atoms with Crippen molar-refractivity contribution in [1.82, 2.24) is 4.98 Å². The minimum Gasteiger partial charge on any atom is -0.448 e. The molecular weight excluding hydrogens is 340 g/mol. The van der Waals surface area contributed by atoms with Gasteiger partial charge in [0.15, 0.2) is 6.10 Å². The van der Waals surface area contributed by atoms with Crippen LogP contribution in [0.3, 0.4) is 0 Å². The molecule has 1 aromatic heterocycles. The molecule has 0 saturated heterocycles. The quantitative estimate of drug-likeness (QED) is 0.677. The van der Waals surface area contributed by atoms with Gasteiger partial charge in [-0.05, 0) is 42.7 Å². The highest BCUT2D eigenvalue weighted by Gasteiger charge is 2.20. The first kappa shape index (κ1) is 18.6. The summed E-state index contributed by atoms with van der Waals surface area (Å²) in [6.07, 6.45) is -0.935. The molecule has 1 amide bonds. The molecule has 0 aliphatic carbocycles. The SMILES string of the molecule is CC(C)c1ccc(NC(=O)[C@@H](C)OC(=O)c2ccc3ccccc3n2)cc1. The maximum atomic E-state index is 12.3. The van der Waals surface area contributed by atoms with Crippen molar-refractivity contribution in [3.63, 3.8) is 0 Å². The highest BCUT2D eigenvalue weighted by atomic mass is 16.5. The molecule has 3 rings (SSSR count). The molecule has 3 aromatic rings. The summed E-state index contributed by atoms with van der Waals surface area (Å²) in [4.78, 5) is 28.9. The van der Waals surface area contributed by atoms with Crippen LogP contribution in [-0.2, 0) is 9.53 Å². The molecule has 5 nitrogen and oxygen atoms in total. The van der Waals surface area contributed by atoms with Gasteiger partial charge in [-0.1, -0.05) is 50.2 Å². The number of nitrogens with one attached hydrogen (secondary N) is 1. The molecule has 1 heterocycles. The average molecular weight is 362 g/mol. The van der Waals surface area contributed by atoms with Gasteiger partial charge in [0, 0.05) is 11.1 Å². The monoisotopic (exact) mass is 362 g/mol. The van der Waals surface area contributed by atoms with Crippen LogP contribution in [0.25, 0.3) is 10.9 Å². The van der Waals surface area contributed by atoms with Gasteiger partial charge in [-0.2, -0.15) is 0 Å². The van der Waals surface area contributed by atoms with Gasteiger partial charge in [0.2, 0.25) is 0 Å². The van der Waals surface area contributed by atoms with Crippen molar-refractivity contribution in [2.24, 2.45) is 0 Å². The molecule has 1 N–H and O–H groups in total. The first-order valence-electron chi connectivity index (χ1n) is 8.91. The van der Waals surface area contributed by atoms with Gasteiger partial charge in [0.25, 0.3) is 5.91 Å². The van der Waals surface area contributed by atoms with Crippen LogP contribution >= 0.6 is 0 Å². The van der Waals surface area contributed by atoms with Gasteiger partial charge in [-0.25, -0.2) is 9.78 Å². The lowest BCUT2D eigenvalue weighted by atomic mass is 10.0. The zero-order valence-corrected chi connectivity index (χ0v) is 15.6. The lowest BCUT2D eigenvalue weighted by Crippen LogP contribution is -2.30. The van der Waals surface area contributed by atoms with E-state index < -0.39 is 12.1 Å². The normalized spacial score (nSPS) is 12.0. The first-order chi connectivity index (χ1) is 12.9. The molecule has 138 valence electrons. The van der Waals surface area contributed by atoms with E-state index in [1.165, 1.54) is 12.5 Å². The third-order valence-corrected chi connectivity index (χ3v) is 4.31. The molecule has 0 unspecified atom stereocenters. The Balaban J connectivity index is 1.63. The molecule has 0 fully saturated rings. The van der Waals surface area contributed by atoms with E-state index in [2.05, 4.69) is 24.1 Å². The number of carbonyl (C=O) groups is 2. The Bertz CT molecular complexity index is 965. The van der Waals surface area contributed by atoms with E-state index in [4.69, 9.17) is 4.74 Å². The van der Waals surface area contributed by atoms with Crippen molar-refractivity contribution in [3.8, 4) is 0 Å². The molecule has 5 heteroatoms. The number of para-hydroxylation sites is 1. The number of fused-ring (bicyclic) bond motifs is 1.